The number of amides is 2. The van der Waals surface area contributed by atoms with Crippen LogP contribution in [0.4, 0.5) is 0 Å². The lowest BCUT2D eigenvalue weighted by molar-refractivity contribution is -0.139. The van der Waals surface area contributed by atoms with Gasteiger partial charge < -0.3 is 16.0 Å². The zero-order valence-electron chi connectivity index (χ0n) is 13.0. The Bertz CT molecular complexity index is 486. The highest BCUT2D eigenvalue weighted by Crippen LogP contribution is 2.10. The molecule has 1 aliphatic rings. The molecule has 120 valence electrons. The van der Waals surface area contributed by atoms with Gasteiger partial charge in [0.1, 0.15) is 0 Å². The summed E-state index contributed by atoms with van der Waals surface area (Å²) in [6.07, 6.45) is 0. The van der Waals surface area contributed by atoms with Crippen molar-refractivity contribution in [2.75, 3.05) is 39.3 Å². The third-order valence-corrected chi connectivity index (χ3v) is 3.78. The number of benzene rings is 1. The summed E-state index contributed by atoms with van der Waals surface area (Å²) in [5.74, 6) is -1.16. The Balaban J connectivity index is 1.69. The van der Waals surface area contributed by atoms with E-state index in [9.17, 15) is 9.59 Å². The third kappa shape index (κ3) is 5.13. The lowest BCUT2D eigenvalue weighted by Crippen LogP contribution is -2.48. The second-order valence-corrected chi connectivity index (χ2v) is 5.45. The van der Waals surface area contributed by atoms with Gasteiger partial charge in [0.2, 0.25) is 0 Å². The lowest BCUT2D eigenvalue weighted by atomic mass is 10.1. The molecule has 1 aromatic carbocycles. The first-order chi connectivity index (χ1) is 10.7. The molecule has 1 atom stereocenters. The third-order valence-electron chi connectivity index (χ3n) is 3.78. The Morgan fingerprint density at radius 2 is 1.86 bits per heavy atom. The van der Waals surface area contributed by atoms with Gasteiger partial charge >= 0.3 is 11.8 Å². The maximum absolute atomic E-state index is 11.9. The highest BCUT2D eigenvalue weighted by Gasteiger charge is 2.17. The molecule has 0 bridgehead atoms. The fourth-order valence-electron chi connectivity index (χ4n) is 2.43. The first-order valence-electron chi connectivity index (χ1n) is 7.73. The average Bonchev–Trinajstić information content (AvgIpc) is 2.56. The topological polar surface area (TPSA) is 73.5 Å². The smallest absolute Gasteiger partial charge is 0.309 e. The van der Waals surface area contributed by atoms with Crippen LogP contribution in [0.5, 0.6) is 0 Å². The second-order valence-electron chi connectivity index (χ2n) is 5.45. The highest BCUT2D eigenvalue weighted by molar-refractivity contribution is 6.35. The van der Waals surface area contributed by atoms with E-state index in [-0.39, 0.29) is 6.04 Å². The molecule has 1 aliphatic heterocycles. The predicted molar refractivity (Wildman–Crippen MR) is 85.3 cm³/mol. The van der Waals surface area contributed by atoms with Gasteiger partial charge in [-0.05, 0) is 12.5 Å². The predicted octanol–water partition coefficient (Wildman–Crippen LogP) is -0.115. The summed E-state index contributed by atoms with van der Waals surface area (Å²) in [6.45, 7) is 7.04. The van der Waals surface area contributed by atoms with Crippen LogP contribution in [-0.4, -0.2) is 56.0 Å². The zero-order valence-corrected chi connectivity index (χ0v) is 13.0. The number of piperazine rings is 1. The summed E-state index contributed by atoms with van der Waals surface area (Å²) in [6, 6.07) is 9.39. The first-order valence-corrected chi connectivity index (χ1v) is 7.73. The van der Waals surface area contributed by atoms with Gasteiger partial charge in [0, 0.05) is 39.3 Å². The van der Waals surface area contributed by atoms with E-state index in [0.29, 0.717) is 6.54 Å². The molecule has 0 radical (unpaired) electrons. The van der Waals surface area contributed by atoms with Crippen molar-refractivity contribution in [3.8, 4) is 0 Å². The van der Waals surface area contributed by atoms with Crippen LogP contribution in [-0.2, 0) is 9.59 Å². The standard InChI is InChI=1S/C16H24N4O2/c1-13(14-5-3-2-4-6-14)19-16(22)15(21)18-9-12-20-10-7-17-8-11-20/h2-6,13,17H,7-12H2,1H3,(H,18,21)(H,19,22). The Morgan fingerprint density at radius 1 is 1.18 bits per heavy atom. The summed E-state index contributed by atoms with van der Waals surface area (Å²) < 4.78 is 0. The van der Waals surface area contributed by atoms with E-state index < -0.39 is 11.8 Å². The molecular weight excluding hydrogens is 280 g/mol. The molecule has 0 aliphatic carbocycles. The molecule has 1 unspecified atom stereocenters. The van der Waals surface area contributed by atoms with Crippen LogP contribution in [0.25, 0.3) is 0 Å². The van der Waals surface area contributed by atoms with E-state index in [2.05, 4.69) is 20.9 Å². The Hall–Kier alpha value is -1.92. The number of carbonyl (C=O) groups is 2. The van der Waals surface area contributed by atoms with Gasteiger partial charge in [-0.3, -0.25) is 14.5 Å². The van der Waals surface area contributed by atoms with Gasteiger partial charge in [0.25, 0.3) is 0 Å². The average molecular weight is 304 g/mol. The summed E-state index contributed by atoms with van der Waals surface area (Å²) in [4.78, 5) is 25.9. The van der Waals surface area contributed by atoms with Crippen LogP contribution < -0.4 is 16.0 Å². The van der Waals surface area contributed by atoms with Crippen molar-refractivity contribution >= 4 is 11.8 Å². The normalized spacial score (nSPS) is 16.8. The van der Waals surface area contributed by atoms with Crippen LogP contribution in [0, 0.1) is 0 Å². The monoisotopic (exact) mass is 304 g/mol. The van der Waals surface area contributed by atoms with Gasteiger partial charge in [-0.1, -0.05) is 30.3 Å². The fraction of sp³-hybridized carbons (Fsp3) is 0.500. The first kappa shape index (κ1) is 16.5. The molecule has 1 saturated heterocycles. The number of hydrogen-bond acceptors (Lipinski definition) is 4. The summed E-state index contributed by atoms with van der Waals surface area (Å²) in [7, 11) is 0. The van der Waals surface area contributed by atoms with Crippen LogP contribution in [0.15, 0.2) is 30.3 Å². The molecule has 0 spiro atoms. The van der Waals surface area contributed by atoms with E-state index in [1.807, 2.05) is 37.3 Å². The number of hydrogen-bond donors (Lipinski definition) is 3. The van der Waals surface area contributed by atoms with Crippen LogP contribution >= 0.6 is 0 Å². The second kappa shape index (κ2) is 8.51. The fourth-order valence-corrected chi connectivity index (χ4v) is 2.43. The highest BCUT2D eigenvalue weighted by atomic mass is 16.2. The van der Waals surface area contributed by atoms with Gasteiger partial charge in [-0.2, -0.15) is 0 Å². The van der Waals surface area contributed by atoms with Gasteiger partial charge in [-0.25, -0.2) is 0 Å². The van der Waals surface area contributed by atoms with Crippen molar-refractivity contribution in [1.82, 2.24) is 20.9 Å². The summed E-state index contributed by atoms with van der Waals surface area (Å²) in [5.41, 5.74) is 0.976. The quantitative estimate of drug-likeness (QED) is 0.664. The number of nitrogens with zero attached hydrogens (tertiary/aromatic N) is 1. The van der Waals surface area contributed by atoms with E-state index in [4.69, 9.17) is 0 Å². The van der Waals surface area contributed by atoms with Crippen LogP contribution in [0.3, 0.4) is 0 Å². The minimum absolute atomic E-state index is 0.187. The van der Waals surface area contributed by atoms with Crippen molar-refractivity contribution in [1.29, 1.82) is 0 Å². The van der Waals surface area contributed by atoms with Crippen molar-refractivity contribution in [3.05, 3.63) is 35.9 Å². The number of rotatable bonds is 5. The van der Waals surface area contributed by atoms with Gasteiger partial charge in [0.15, 0.2) is 0 Å². The van der Waals surface area contributed by atoms with Crippen LogP contribution in [0.1, 0.15) is 18.5 Å². The summed E-state index contributed by atoms with van der Waals surface area (Å²) in [5, 5.41) is 8.66. The SMILES string of the molecule is CC(NC(=O)C(=O)NCCN1CCNCC1)c1ccccc1. The van der Waals surface area contributed by atoms with E-state index >= 15 is 0 Å². The molecule has 22 heavy (non-hydrogen) atoms. The zero-order chi connectivity index (χ0) is 15.8. The van der Waals surface area contributed by atoms with Crippen molar-refractivity contribution in [2.24, 2.45) is 0 Å². The van der Waals surface area contributed by atoms with E-state index in [0.717, 1.165) is 38.3 Å². The number of carbonyl (C=O) groups excluding carboxylic acids is 2. The van der Waals surface area contributed by atoms with Gasteiger partial charge in [-0.15, -0.1) is 0 Å². The Kier molecular flexibility index (Phi) is 6.36. The minimum Gasteiger partial charge on any atom is -0.347 e. The molecule has 6 nitrogen and oxygen atoms in total. The van der Waals surface area contributed by atoms with E-state index in [1.54, 1.807) is 0 Å². The van der Waals surface area contributed by atoms with Crippen molar-refractivity contribution in [3.63, 3.8) is 0 Å². The molecule has 2 amide bonds. The molecule has 1 heterocycles. The molecule has 6 heteroatoms. The van der Waals surface area contributed by atoms with E-state index in [1.165, 1.54) is 0 Å². The van der Waals surface area contributed by atoms with Crippen LogP contribution in [0.2, 0.25) is 0 Å². The van der Waals surface area contributed by atoms with Gasteiger partial charge in [0.05, 0.1) is 6.04 Å². The molecule has 3 N–H and O–H groups in total. The molecule has 0 saturated carbocycles. The minimum atomic E-state index is -0.586. The molecule has 1 aromatic rings. The van der Waals surface area contributed by atoms with Crippen molar-refractivity contribution in [2.45, 2.75) is 13.0 Å². The molecule has 0 aromatic heterocycles. The lowest BCUT2D eigenvalue weighted by Gasteiger charge is -2.27. The Labute approximate surface area is 131 Å². The Morgan fingerprint density at radius 3 is 2.55 bits per heavy atom. The number of nitrogens with one attached hydrogen (secondary N) is 3. The maximum Gasteiger partial charge on any atom is 0.309 e. The largest absolute Gasteiger partial charge is 0.347 e. The summed E-state index contributed by atoms with van der Waals surface area (Å²) >= 11 is 0. The molecular formula is C16H24N4O2. The van der Waals surface area contributed by atoms with Crippen molar-refractivity contribution < 1.29 is 9.59 Å². The molecule has 2 rings (SSSR count). The molecule has 1 fully saturated rings. The maximum atomic E-state index is 11.9.